The number of benzene rings is 3. The van der Waals surface area contributed by atoms with Gasteiger partial charge in [-0.15, -0.1) is 0 Å². The maximum atomic E-state index is 13.8. The van der Waals surface area contributed by atoms with Gasteiger partial charge in [-0.05, 0) is 60.2 Å². The highest BCUT2D eigenvalue weighted by Crippen LogP contribution is 2.34. The molecular weight excluding hydrogens is 480 g/mol. The number of anilines is 3. The van der Waals surface area contributed by atoms with Gasteiger partial charge in [0.15, 0.2) is 17.1 Å². The fourth-order valence-corrected chi connectivity index (χ4v) is 3.78. The second-order valence-electron chi connectivity index (χ2n) is 7.99. The van der Waals surface area contributed by atoms with Gasteiger partial charge in [0.1, 0.15) is 17.5 Å². The van der Waals surface area contributed by atoms with Gasteiger partial charge in [-0.2, -0.15) is 5.10 Å². The van der Waals surface area contributed by atoms with Crippen LogP contribution in [-0.2, 0) is 0 Å². The minimum atomic E-state index is -0.847. The zero-order valence-corrected chi connectivity index (χ0v) is 19.8. The SMILES string of the molecule is COc1ccc(-c2cnn3ccc(Nc4ccc(C(=O)Nc5ccc(F)cc5F)cc4)nc23)cc1OC. The summed E-state index contributed by atoms with van der Waals surface area (Å²) < 4.78 is 39.3. The number of halogens is 2. The molecule has 186 valence electrons. The van der Waals surface area contributed by atoms with Crippen molar-refractivity contribution in [2.45, 2.75) is 0 Å². The van der Waals surface area contributed by atoms with Gasteiger partial charge in [-0.25, -0.2) is 18.3 Å². The second-order valence-corrected chi connectivity index (χ2v) is 7.99. The Morgan fingerprint density at radius 3 is 2.43 bits per heavy atom. The van der Waals surface area contributed by atoms with Crippen molar-refractivity contribution in [3.63, 3.8) is 0 Å². The maximum Gasteiger partial charge on any atom is 0.255 e. The topological polar surface area (TPSA) is 89.8 Å². The van der Waals surface area contributed by atoms with Crippen molar-refractivity contribution < 1.29 is 23.0 Å². The van der Waals surface area contributed by atoms with E-state index in [0.717, 1.165) is 17.2 Å². The molecule has 10 heteroatoms. The van der Waals surface area contributed by atoms with Gasteiger partial charge in [0.2, 0.25) is 0 Å². The summed E-state index contributed by atoms with van der Waals surface area (Å²) in [4.78, 5) is 17.2. The Hall–Kier alpha value is -4.99. The summed E-state index contributed by atoms with van der Waals surface area (Å²) in [6, 6.07) is 16.9. The molecule has 0 atom stereocenters. The molecule has 3 aromatic carbocycles. The molecule has 2 aromatic heterocycles. The molecule has 5 aromatic rings. The number of fused-ring (bicyclic) bond motifs is 1. The molecule has 2 N–H and O–H groups in total. The first-order valence-electron chi connectivity index (χ1n) is 11.2. The lowest BCUT2D eigenvalue weighted by atomic mass is 10.1. The molecule has 37 heavy (non-hydrogen) atoms. The van der Waals surface area contributed by atoms with Gasteiger partial charge in [0.05, 0.1) is 26.1 Å². The van der Waals surface area contributed by atoms with Gasteiger partial charge in [0, 0.05) is 29.1 Å². The number of hydrogen-bond donors (Lipinski definition) is 2. The molecule has 0 radical (unpaired) electrons. The van der Waals surface area contributed by atoms with Crippen LogP contribution < -0.4 is 20.1 Å². The van der Waals surface area contributed by atoms with E-state index in [-0.39, 0.29) is 5.69 Å². The van der Waals surface area contributed by atoms with Crippen molar-refractivity contribution in [1.82, 2.24) is 14.6 Å². The van der Waals surface area contributed by atoms with Crippen LogP contribution in [0.25, 0.3) is 16.8 Å². The molecular formula is C27H21F2N5O3. The summed E-state index contributed by atoms with van der Waals surface area (Å²) in [5.74, 6) is -0.293. The predicted molar refractivity (Wildman–Crippen MR) is 136 cm³/mol. The van der Waals surface area contributed by atoms with Gasteiger partial charge in [-0.1, -0.05) is 6.07 Å². The summed E-state index contributed by atoms with van der Waals surface area (Å²) in [6.07, 6.45) is 3.51. The van der Waals surface area contributed by atoms with E-state index in [2.05, 4.69) is 15.7 Å². The number of carbonyl (C=O) groups is 1. The van der Waals surface area contributed by atoms with Crippen LogP contribution >= 0.6 is 0 Å². The first kappa shape index (κ1) is 23.7. The average molecular weight is 501 g/mol. The van der Waals surface area contributed by atoms with Crippen LogP contribution in [0.4, 0.5) is 26.0 Å². The number of methoxy groups -OCH3 is 2. The third-order valence-electron chi connectivity index (χ3n) is 5.66. The van der Waals surface area contributed by atoms with Crippen LogP contribution in [0.15, 0.2) is 79.1 Å². The Kier molecular flexibility index (Phi) is 6.38. The van der Waals surface area contributed by atoms with Crippen LogP contribution in [0.2, 0.25) is 0 Å². The molecule has 5 rings (SSSR count). The number of carbonyl (C=O) groups excluding carboxylic acids is 1. The Labute approximate surface area is 210 Å². The standard InChI is InChI=1S/C27H21F2N5O3/c1-36-23-10-5-17(13-24(23)37-2)20-15-30-34-12-11-25(33-26(20)34)31-19-7-3-16(4-8-19)27(35)32-22-9-6-18(28)14-21(22)29/h3-15H,1-2H3,(H,31,33)(H,32,35). The highest BCUT2D eigenvalue weighted by atomic mass is 19.1. The number of nitrogens with one attached hydrogen (secondary N) is 2. The number of hydrogen-bond acceptors (Lipinski definition) is 6. The normalized spacial score (nSPS) is 10.8. The van der Waals surface area contributed by atoms with E-state index in [1.165, 1.54) is 6.07 Å². The van der Waals surface area contributed by atoms with E-state index in [1.807, 2.05) is 18.2 Å². The number of ether oxygens (including phenoxy) is 2. The third kappa shape index (κ3) is 4.90. The summed E-state index contributed by atoms with van der Waals surface area (Å²) in [5, 5.41) is 10.0. The van der Waals surface area contributed by atoms with E-state index in [9.17, 15) is 13.6 Å². The number of rotatable bonds is 7. The number of aromatic nitrogens is 3. The van der Waals surface area contributed by atoms with Gasteiger partial charge >= 0.3 is 0 Å². The highest BCUT2D eigenvalue weighted by molar-refractivity contribution is 6.04. The van der Waals surface area contributed by atoms with Crippen molar-refractivity contribution in [3.05, 3.63) is 96.3 Å². The van der Waals surface area contributed by atoms with Gasteiger partial charge in [-0.3, -0.25) is 4.79 Å². The zero-order valence-electron chi connectivity index (χ0n) is 19.8. The Balaban J connectivity index is 1.35. The van der Waals surface area contributed by atoms with Crippen molar-refractivity contribution >= 4 is 28.7 Å². The number of nitrogens with zero attached hydrogens (tertiary/aromatic N) is 3. The van der Waals surface area contributed by atoms with Gasteiger partial charge in [0.25, 0.3) is 5.91 Å². The van der Waals surface area contributed by atoms with Crippen molar-refractivity contribution in [2.24, 2.45) is 0 Å². The molecule has 0 spiro atoms. The van der Waals surface area contributed by atoms with E-state index < -0.39 is 17.5 Å². The summed E-state index contributed by atoms with van der Waals surface area (Å²) in [5.41, 5.74) is 3.21. The monoisotopic (exact) mass is 501 g/mol. The fraction of sp³-hybridized carbons (Fsp3) is 0.0741. The fourth-order valence-electron chi connectivity index (χ4n) is 3.78. The predicted octanol–water partition coefficient (Wildman–Crippen LogP) is 5.69. The molecule has 0 aliphatic heterocycles. The van der Waals surface area contributed by atoms with Crippen LogP contribution in [0.1, 0.15) is 10.4 Å². The average Bonchev–Trinajstić information content (AvgIpc) is 3.33. The molecule has 0 saturated heterocycles. The molecule has 1 amide bonds. The van der Waals surface area contributed by atoms with Gasteiger partial charge < -0.3 is 20.1 Å². The summed E-state index contributed by atoms with van der Waals surface area (Å²) in [6.45, 7) is 0. The Bertz CT molecular complexity index is 1600. The quantitative estimate of drug-likeness (QED) is 0.298. The van der Waals surface area contributed by atoms with Crippen LogP contribution in [0.3, 0.4) is 0 Å². The lowest BCUT2D eigenvalue weighted by Crippen LogP contribution is -2.13. The first-order valence-corrected chi connectivity index (χ1v) is 11.2. The zero-order chi connectivity index (χ0) is 25.9. The largest absolute Gasteiger partial charge is 0.493 e. The molecule has 0 aliphatic carbocycles. The highest BCUT2D eigenvalue weighted by Gasteiger charge is 2.13. The minimum absolute atomic E-state index is 0.0998. The van der Waals surface area contributed by atoms with E-state index >= 15 is 0 Å². The Morgan fingerprint density at radius 1 is 0.919 bits per heavy atom. The summed E-state index contributed by atoms with van der Waals surface area (Å²) in [7, 11) is 3.16. The summed E-state index contributed by atoms with van der Waals surface area (Å²) >= 11 is 0. The minimum Gasteiger partial charge on any atom is -0.493 e. The van der Waals surface area contributed by atoms with Crippen molar-refractivity contribution in [1.29, 1.82) is 0 Å². The Morgan fingerprint density at radius 2 is 1.70 bits per heavy atom. The number of amides is 1. The molecule has 0 unspecified atom stereocenters. The molecule has 0 saturated carbocycles. The third-order valence-corrected chi connectivity index (χ3v) is 5.66. The van der Waals surface area contributed by atoms with Crippen LogP contribution in [0, 0.1) is 11.6 Å². The lowest BCUT2D eigenvalue weighted by Gasteiger charge is -2.10. The molecule has 0 aliphatic rings. The molecule has 8 nitrogen and oxygen atoms in total. The van der Waals surface area contributed by atoms with Crippen LogP contribution in [0.5, 0.6) is 11.5 Å². The second kappa shape index (κ2) is 9.94. The van der Waals surface area contributed by atoms with E-state index in [1.54, 1.807) is 61.5 Å². The smallest absolute Gasteiger partial charge is 0.255 e. The molecule has 0 bridgehead atoms. The van der Waals surface area contributed by atoms with Crippen LogP contribution in [-0.4, -0.2) is 34.7 Å². The molecule has 2 heterocycles. The van der Waals surface area contributed by atoms with E-state index in [0.29, 0.717) is 40.3 Å². The van der Waals surface area contributed by atoms with Crippen molar-refractivity contribution in [3.8, 4) is 22.6 Å². The maximum absolute atomic E-state index is 13.8. The van der Waals surface area contributed by atoms with Crippen molar-refractivity contribution in [2.75, 3.05) is 24.9 Å². The lowest BCUT2D eigenvalue weighted by molar-refractivity contribution is 0.102. The first-order chi connectivity index (χ1) is 17.9. The van der Waals surface area contributed by atoms with E-state index in [4.69, 9.17) is 14.5 Å². The molecule has 0 fully saturated rings.